The van der Waals surface area contributed by atoms with Crippen molar-refractivity contribution in [2.75, 3.05) is 13.1 Å². The van der Waals surface area contributed by atoms with E-state index in [1.54, 1.807) is 0 Å². The van der Waals surface area contributed by atoms with Gasteiger partial charge in [0.15, 0.2) is 0 Å². The molecule has 1 aromatic carbocycles. The third-order valence-electron chi connectivity index (χ3n) is 2.88. The molecule has 1 unspecified atom stereocenters. The minimum atomic E-state index is 0. The number of aryl methyl sites for hydroxylation is 2. The van der Waals surface area contributed by atoms with Crippen LogP contribution in [0.3, 0.4) is 0 Å². The summed E-state index contributed by atoms with van der Waals surface area (Å²) in [4.78, 5) is 12.0. The maximum Gasteiger partial charge on any atom is 0.251 e. The molecule has 1 saturated heterocycles. The lowest BCUT2D eigenvalue weighted by Gasteiger charge is -2.12. The Morgan fingerprint density at radius 1 is 1.29 bits per heavy atom. The quantitative estimate of drug-likeness (QED) is 0.845. The maximum atomic E-state index is 12.0. The first kappa shape index (κ1) is 14.0. The summed E-state index contributed by atoms with van der Waals surface area (Å²) < 4.78 is 0. The topological polar surface area (TPSA) is 41.1 Å². The highest BCUT2D eigenvalue weighted by Crippen LogP contribution is 2.09. The van der Waals surface area contributed by atoms with E-state index in [9.17, 15) is 4.79 Å². The molecule has 4 heteroatoms. The van der Waals surface area contributed by atoms with Gasteiger partial charge in [0.25, 0.3) is 5.91 Å². The summed E-state index contributed by atoms with van der Waals surface area (Å²) in [6.07, 6.45) is 1.02. The van der Waals surface area contributed by atoms with Crippen molar-refractivity contribution in [3.05, 3.63) is 34.9 Å². The number of benzene rings is 1. The highest BCUT2D eigenvalue weighted by atomic mass is 35.5. The van der Waals surface area contributed by atoms with Crippen molar-refractivity contribution >= 4 is 18.3 Å². The fourth-order valence-electron chi connectivity index (χ4n) is 2.15. The number of carbonyl (C=O) groups excluding carboxylic acids is 1. The van der Waals surface area contributed by atoms with Gasteiger partial charge in [0.1, 0.15) is 0 Å². The van der Waals surface area contributed by atoms with E-state index in [-0.39, 0.29) is 24.4 Å². The largest absolute Gasteiger partial charge is 0.348 e. The number of amides is 1. The van der Waals surface area contributed by atoms with Crippen LogP contribution in [0, 0.1) is 13.8 Å². The predicted octanol–water partition coefficient (Wildman–Crippen LogP) is 1.82. The van der Waals surface area contributed by atoms with Gasteiger partial charge in [0.05, 0.1) is 0 Å². The van der Waals surface area contributed by atoms with Crippen molar-refractivity contribution in [2.45, 2.75) is 26.3 Å². The average molecular weight is 255 g/mol. The standard InChI is InChI=1S/C13H18N2O.ClH/c1-9-5-10(2)7-11(6-9)13(16)15-12-3-4-14-8-12;/h5-7,12,14H,3-4,8H2,1-2H3,(H,15,16);1H. The van der Waals surface area contributed by atoms with Crippen LogP contribution >= 0.6 is 12.4 Å². The fraction of sp³-hybridized carbons (Fsp3) is 0.462. The fourth-order valence-corrected chi connectivity index (χ4v) is 2.15. The second-order valence-electron chi connectivity index (χ2n) is 4.54. The van der Waals surface area contributed by atoms with Crippen molar-refractivity contribution in [3.8, 4) is 0 Å². The summed E-state index contributed by atoms with van der Waals surface area (Å²) >= 11 is 0. The van der Waals surface area contributed by atoms with E-state index in [1.165, 1.54) is 0 Å². The van der Waals surface area contributed by atoms with Crippen LogP contribution in [-0.2, 0) is 0 Å². The number of hydrogen-bond acceptors (Lipinski definition) is 2. The SMILES string of the molecule is Cc1cc(C)cc(C(=O)NC2CCNC2)c1.Cl. The van der Waals surface area contributed by atoms with Crippen molar-refractivity contribution < 1.29 is 4.79 Å². The van der Waals surface area contributed by atoms with Crippen molar-refractivity contribution in [1.82, 2.24) is 10.6 Å². The second kappa shape index (κ2) is 6.03. The van der Waals surface area contributed by atoms with Gasteiger partial charge in [-0.05, 0) is 38.9 Å². The molecule has 0 bridgehead atoms. The number of rotatable bonds is 2. The zero-order valence-electron chi connectivity index (χ0n) is 10.2. The van der Waals surface area contributed by atoms with Gasteiger partial charge in [-0.25, -0.2) is 0 Å². The molecular weight excluding hydrogens is 236 g/mol. The molecule has 0 saturated carbocycles. The highest BCUT2D eigenvalue weighted by Gasteiger charge is 2.17. The summed E-state index contributed by atoms with van der Waals surface area (Å²) in [5, 5.41) is 6.29. The zero-order valence-corrected chi connectivity index (χ0v) is 11.1. The van der Waals surface area contributed by atoms with E-state index in [4.69, 9.17) is 0 Å². The van der Waals surface area contributed by atoms with Gasteiger partial charge < -0.3 is 10.6 Å². The molecule has 2 rings (SSSR count). The molecular formula is C13H19ClN2O. The number of hydrogen-bond donors (Lipinski definition) is 2. The minimum Gasteiger partial charge on any atom is -0.348 e. The molecule has 0 radical (unpaired) electrons. The van der Waals surface area contributed by atoms with Gasteiger partial charge in [-0.3, -0.25) is 4.79 Å². The van der Waals surface area contributed by atoms with Gasteiger partial charge in [-0.2, -0.15) is 0 Å². The van der Waals surface area contributed by atoms with Crippen molar-refractivity contribution in [3.63, 3.8) is 0 Å². The van der Waals surface area contributed by atoms with Crippen LogP contribution in [0.2, 0.25) is 0 Å². The molecule has 2 N–H and O–H groups in total. The van der Waals surface area contributed by atoms with Crippen LogP contribution in [-0.4, -0.2) is 25.0 Å². The summed E-state index contributed by atoms with van der Waals surface area (Å²) in [6, 6.07) is 6.23. The molecule has 1 amide bonds. The van der Waals surface area contributed by atoms with Crippen LogP contribution in [0.25, 0.3) is 0 Å². The van der Waals surface area contributed by atoms with Crippen LogP contribution in [0.4, 0.5) is 0 Å². The molecule has 1 heterocycles. The van der Waals surface area contributed by atoms with E-state index < -0.39 is 0 Å². The van der Waals surface area contributed by atoms with E-state index in [1.807, 2.05) is 26.0 Å². The monoisotopic (exact) mass is 254 g/mol. The molecule has 1 aliphatic heterocycles. The highest BCUT2D eigenvalue weighted by molar-refractivity contribution is 5.94. The van der Waals surface area contributed by atoms with E-state index >= 15 is 0 Å². The Kier molecular flexibility index (Phi) is 4.97. The first-order valence-electron chi connectivity index (χ1n) is 5.75. The van der Waals surface area contributed by atoms with Gasteiger partial charge in [-0.1, -0.05) is 17.2 Å². The Labute approximate surface area is 108 Å². The Morgan fingerprint density at radius 2 is 1.94 bits per heavy atom. The lowest BCUT2D eigenvalue weighted by Crippen LogP contribution is -2.36. The predicted molar refractivity (Wildman–Crippen MR) is 71.9 cm³/mol. The molecule has 1 aromatic rings. The first-order valence-corrected chi connectivity index (χ1v) is 5.75. The summed E-state index contributed by atoms with van der Waals surface area (Å²) in [5.41, 5.74) is 3.04. The molecule has 1 atom stereocenters. The van der Waals surface area contributed by atoms with Gasteiger partial charge in [0, 0.05) is 18.2 Å². The van der Waals surface area contributed by atoms with Crippen LogP contribution in [0.5, 0.6) is 0 Å². The molecule has 94 valence electrons. The number of carbonyl (C=O) groups is 1. The lowest BCUT2D eigenvalue weighted by atomic mass is 10.1. The van der Waals surface area contributed by atoms with E-state index in [0.29, 0.717) is 0 Å². The Balaban J connectivity index is 0.00000144. The molecule has 0 aliphatic carbocycles. The molecule has 0 spiro atoms. The van der Waals surface area contributed by atoms with Crippen molar-refractivity contribution in [1.29, 1.82) is 0 Å². The Hall–Kier alpha value is -1.06. The van der Waals surface area contributed by atoms with Crippen molar-refractivity contribution in [2.24, 2.45) is 0 Å². The normalized spacial score (nSPS) is 18.6. The third-order valence-corrected chi connectivity index (χ3v) is 2.88. The Morgan fingerprint density at radius 3 is 2.47 bits per heavy atom. The molecule has 17 heavy (non-hydrogen) atoms. The second-order valence-corrected chi connectivity index (χ2v) is 4.54. The summed E-state index contributed by atoms with van der Waals surface area (Å²) in [6.45, 7) is 5.91. The van der Waals surface area contributed by atoms with Gasteiger partial charge >= 0.3 is 0 Å². The first-order chi connectivity index (χ1) is 7.65. The smallest absolute Gasteiger partial charge is 0.251 e. The lowest BCUT2D eigenvalue weighted by molar-refractivity contribution is 0.0940. The van der Waals surface area contributed by atoms with E-state index in [2.05, 4.69) is 16.7 Å². The summed E-state index contributed by atoms with van der Waals surface area (Å²) in [5.74, 6) is 0.0421. The molecule has 0 aromatic heterocycles. The summed E-state index contributed by atoms with van der Waals surface area (Å²) in [7, 11) is 0. The van der Waals surface area contributed by atoms with Gasteiger partial charge in [0.2, 0.25) is 0 Å². The molecule has 3 nitrogen and oxygen atoms in total. The minimum absolute atomic E-state index is 0. The van der Waals surface area contributed by atoms with Gasteiger partial charge in [-0.15, -0.1) is 12.4 Å². The molecule has 1 fully saturated rings. The van der Waals surface area contributed by atoms with Crippen LogP contribution in [0.15, 0.2) is 18.2 Å². The maximum absolute atomic E-state index is 12.0. The third kappa shape index (κ3) is 3.72. The zero-order chi connectivity index (χ0) is 11.5. The Bertz CT molecular complexity index is 380. The van der Waals surface area contributed by atoms with E-state index in [0.717, 1.165) is 36.2 Å². The van der Waals surface area contributed by atoms with Crippen LogP contribution < -0.4 is 10.6 Å². The molecule has 1 aliphatic rings. The number of nitrogens with one attached hydrogen (secondary N) is 2. The number of halogens is 1. The average Bonchev–Trinajstić information content (AvgIpc) is 2.68. The van der Waals surface area contributed by atoms with Crippen LogP contribution in [0.1, 0.15) is 27.9 Å².